The molecule has 1 heterocycles. The van der Waals surface area contributed by atoms with Gasteiger partial charge in [0, 0.05) is 25.7 Å². The first-order valence-corrected chi connectivity index (χ1v) is 12.0. The Morgan fingerprint density at radius 2 is 2.09 bits per heavy atom. The van der Waals surface area contributed by atoms with Crippen LogP contribution in [-0.2, 0) is 14.3 Å². The monoisotopic (exact) mass is 520 g/mol. The summed E-state index contributed by atoms with van der Waals surface area (Å²) in [5.74, 6) is -0.211. The fourth-order valence-corrected chi connectivity index (χ4v) is 4.84. The molecule has 10 nitrogen and oxygen atoms in total. The number of thioether (sulfide) groups is 1. The number of nitro groups is 1. The molecule has 2 atom stereocenters. The number of methoxy groups -OCH3 is 1. The normalized spacial score (nSPS) is 17.5. The number of amidine groups is 1. The van der Waals surface area contributed by atoms with Gasteiger partial charge < -0.3 is 14.8 Å². The maximum absolute atomic E-state index is 13.3. The topological polar surface area (TPSA) is 123 Å². The molecule has 2 aromatic carbocycles. The number of non-ortho nitro benzene ring substituents is 1. The Morgan fingerprint density at radius 3 is 2.77 bits per heavy atom. The second-order valence-electron chi connectivity index (χ2n) is 7.59. The molecule has 1 saturated heterocycles. The summed E-state index contributed by atoms with van der Waals surface area (Å²) in [4.78, 5) is 42.7. The summed E-state index contributed by atoms with van der Waals surface area (Å²) in [7, 11) is 1.54. The summed E-state index contributed by atoms with van der Waals surface area (Å²) in [5.41, 5.74) is 0.455. The number of ether oxygens (including phenoxy) is 2. The minimum absolute atomic E-state index is 0.102. The van der Waals surface area contributed by atoms with Gasteiger partial charge in [-0.15, -0.1) is 0 Å². The Bertz CT molecular complexity index is 1140. The van der Waals surface area contributed by atoms with Crippen LogP contribution in [0.15, 0.2) is 47.5 Å². The van der Waals surface area contributed by atoms with Gasteiger partial charge in [0.1, 0.15) is 16.7 Å². The van der Waals surface area contributed by atoms with Crippen LogP contribution in [0.2, 0.25) is 5.02 Å². The Morgan fingerprint density at radius 1 is 1.34 bits per heavy atom. The Labute approximate surface area is 211 Å². The average molecular weight is 521 g/mol. The van der Waals surface area contributed by atoms with E-state index in [0.717, 1.165) is 0 Å². The first kappa shape index (κ1) is 26.5. The van der Waals surface area contributed by atoms with E-state index in [1.807, 2.05) is 26.0 Å². The van der Waals surface area contributed by atoms with E-state index < -0.39 is 16.1 Å². The largest absolute Gasteiger partial charge is 0.492 e. The summed E-state index contributed by atoms with van der Waals surface area (Å²) < 4.78 is 10.9. The molecule has 186 valence electrons. The zero-order valence-corrected chi connectivity index (χ0v) is 21.0. The van der Waals surface area contributed by atoms with E-state index >= 15 is 0 Å². The van der Waals surface area contributed by atoms with Crippen LogP contribution in [0.25, 0.3) is 0 Å². The van der Waals surface area contributed by atoms with Gasteiger partial charge in [-0.3, -0.25) is 24.6 Å². The number of anilines is 1. The molecule has 0 aliphatic carbocycles. The maximum Gasteiger partial charge on any atom is 0.271 e. The highest BCUT2D eigenvalue weighted by Gasteiger charge is 2.41. The van der Waals surface area contributed by atoms with Gasteiger partial charge in [-0.25, -0.2) is 4.99 Å². The van der Waals surface area contributed by atoms with Crippen molar-refractivity contribution in [1.82, 2.24) is 4.90 Å². The number of halogens is 1. The number of carbonyl (C=O) groups is 2. The number of hydrogen-bond donors (Lipinski definition) is 1. The van der Waals surface area contributed by atoms with Gasteiger partial charge in [0.25, 0.3) is 5.69 Å². The van der Waals surface area contributed by atoms with E-state index in [2.05, 4.69) is 10.3 Å². The maximum atomic E-state index is 13.3. The first-order valence-electron chi connectivity index (χ1n) is 10.8. The average Bonchev–Trinajstić information content (AvgIpc) is 3.11. The zero-order valence-electron chi connectivity index (χ0n) is 19.4. The van der Waals surface area contributed by atoms with E-state index in [0.29, 0.717) is 23.2 Å². The third-order valence-electron chi connectivity index (χ3n) is 5.00. The van der Waals surface area contributed by atoms with Crippen LogP contribution in [0.3, 0.4) is 0 Å². The Balaban J connectivity index is 1.84. The predicted octanol–water partition coefficient (Wildman–Crippen LogP) is 4.64. The third kappa shape index (κ3) is 6.50. The van der Waals surface area contributed by atoms with Crippen LogP contribution in [0.4, 0.5) is 17.1 Å². The van der Waals surface area contributed by atoms with E-state index in [1.165, 1.54) is 34.9 Å². The van der Waals surface area contributed by atoms with Crippen molar-refractivity contribution in [2.75, 3.05) is 25.6 Å². The van der Waals surface area contributed by atoms with Crippen LogP contribution in [0.5, 0.6) is 5.75 Å². The van der Waals surface area contributed by atoms with Gasteiger partial charge in [-0.1, -0.05) is 35.5 Å². The highest BCUT2D eigenvalue weighted by Crippen LogP contribution is 2.36. The fraction of sp³-hybridized carbons (Fsp3) is 0.348. The molecule has 0 aromatic heterocycles. The molecule has 1 fully saturated rings. The summed E-state index contributed by atoms with van der Waals surface area (Å²) in [6.45, 7) is 4.44. The standard InChI is InChI=1S/C23H25ClN4O6S/c1-4-34-19-8-6-5-7-17(19)26-23-27(14(2)13-33-3)22(30)20(35-23)12-21(29)25-18-11-15(28(31)32)9-10-16(18)24/h5-11,14,20H,4,12-13H2,1-3H3,(H,25,29)/t14-,20-/m0/s1. The lowest BCUT2D eigenvalue weighted by atomic mass is 10.2. The highest BCUT2D eigenvalue weighted by molar-refractivity contribution is 8.15. The van der Waals surface area contributed by atoms with Crippen LogP contribution < -0.4 is 10.1 Å². The van der Waals surface area contributed by atoms with E-state index in [9.17, 15) is 19.7 Å². The van der Waals surface area contributed by atoms with E-state index in [4.69, 9.17) is 21.1 Å². The van der Waals surface area contributed by atoms with Gasteiger partial charge in [-0.2, -0.15) is 0 Å². The van der Waals surface area contributed by atoms with Crippen LogP contribution in [-0.4, -0.2) is 58.4 Å². The SMILES string of the molecule is CCOc1ccccc1N=C1S[C@@H](CC(=O)Nc2cc([N+](=O)[O-])ccc2Cl)C(=O)N1[C@@H](C)COC. The van der Waals surface area contributed by atoms with Crippen molar-refractivity contribution in [1.29, 1.82) is 0 Å². The molecule has 0 saturated carbocycles. The minimum atomic E-state index is -0.746. The van der Waals surface area contributed by atoms with Crippen molar-refractivity contribution >= 4 is 57.4 Å². The molecule has 35 heavy (non-hydrogen) atoms. The number of nitro benzene ring substituents is 1. The molecule has 12 heteroatoms. The van der Waals surface area contributed by atoms with Crippen molar-refractivity contribution < 1.29 is 24.0 Å². The van der Waals surface area contributed by atoms with Gasteiger partial charge in [-0.05, 0) is 32.0 Å². The molecule has 3 rings (SSSR count). The number of para-hydroxylation sites is 2. The number of amides is 2. The number of aliphatic imine (C=N–C) groups is 1. The highest BCUT2D eigenvalue weighted by atomic mass is 35.5. The zero-order chi connectivity index (χ0) is 25.5. The lowest BCUT2D eigenvalue weighted by molar-refractivity contribution is -0.384. The van der Waals surface area contributed by atoms with Crippen LogP contribution in [0.1, 0.15) is 20.3 Å². The molecule has 0 radical (unpaired) electrons. The van der Waals surface area contributed by atoms with E-state index in [1.54, 1.807) is 19.2 Å². The van der Waals surface area contributed by atoms with Gasteiger partial charge in [0.2, 0.25) is 11.8 Å². The van der Waals surface area contributed by atoms with Crippen molar-refractivity contribution in [3.05, 3.63) is 57.6 Å². The van der Waals surface area contributed by atoms with Gasteiger partial charge in [0.15, 0.2) is 5.17 Å². The second-order valence-corrected chi connectivity index (χ2v) is 9.16. The molecule has 1 N–H and O–H groups in total. The number of benzene rings is 2. The second kappa shape index (κ2) is 12.0. The van der Waals surface area contributed by atoms with E-state index in [-0.39, 0.29) is 41.4 Å². The summed E-state index contributed by atoms with van der Waals surface area (Å²) in [5, 5.41) is 13.4. The van der Waals surface area contributed by atoms with Crippen molar-refractivity contribution in [2.24, 2.45) is 4.99 Å². The number of nitrogens with one attached hydrogen (secondary N) is 1. The minimum Gasteiger partial charge on any atom is -0.492 e. The predicted molar refractivity (Wildman–Crippen MR) is 136 cm³/mol. The smallest absolute Gasteiger partial charge is 0.271 e. The van der Waals surface area contributed by atoms with Gasteiger partial charge >= 0.3 is 0 Å². The van der Waals surface area contributed by atoms with Crippen molar-refractivity contribution in [3.8, 4) is 5.75 Å². The third-order valence-corrected chi connectivity index (χ3v) is 6.48. The number of rotatable bonds is 10. The molecule has 0 unspecified atom stereocenters. The molecule has 1 aliphatic rings. The summed E-state index contributed by atoms with van der Waals surface area (Å²) in [6, 6.07) is 10.7. The number of carbonyl (C=O) groups excluding carboxylic acids is 2. The van der Waals surface area contributed by atoms with Gasteiger partial charge in [0.05, 0.1) is 34.9 Å². The summed E-state index contributed by atoms with van der Waals surface area (Å²) in [6.07, 6.45) is -0.176. The fourth-order valence-electron chi connectivity index (χ4n) is 3.44. The molecule has 0 spiro atoms. The quantitative estimate of drug-likeness (QED) is 0.357. The summed E-state index contributed by atoms with van der Waals surface area (Å²) >= 11 is 7.25. The molecule has 2 amide bonds. The molecule has 2 aromatic rings. The molecule has 1 aliphatic heterocycles. The molecular formula is C23H25ClN4O6S. The van der Waals surface area contributed by atoms with Crippen LogP contribution in [0, 0.1) is 10.1 Å². The lowest BCUT2D eigenvalue weighted by Crippen LogP contribution is -2.42. The number of nitrogens with zero attached hydrogens (tertiary/aromatic N) is 3. The molecule has 0 bridgehead atoms. The molecular weight excluding hydrogens is 496 g/mol. The lowest BCUT2D eigenvalue weighted by Gasteiger charge is -2.23. The van der Waals surface area contributed by atoms with Crippen molar-refractivity contribution in [3.63, 3.8) is 0 Å². The Hall–Kier alpha value is -3.15. The van der Waals surface area contributed by atoms with Crippen molar-refractivity contribution in [2.45, 2.75) is 31.6 Å². The Kier molecular flexibility index (Phi) is 9.07. The number of hydrogen-bond acceptors (Lipinski definition) is 8. The first-order chi connectivity index (χ1) is 16.7. The van der Waals surface area contributed by atoms with Crippen LogP contribution >= 0.6 is 23.4 Å².